The highest BCUT2D eigenvalue weighted by Gasteiger charge is 2.10. The van der Waals surface area contributed by atoms with E-state index in [1.165, 1.54) is 25.3 Å². The Bertz CT molecular complexity index is 446. The predicted octanol–water partition coefficient (Wildman–Crippen LogP) is 0.766. The number of aliphatic hydroxyl groups is 1. The number of anilines is 2. The van der Waals surface area contributed by atoms with Gasteiger partial charge in [-0.2, -0.15) is 0 Å². The topological polar surface area (TPSA) is 102 Å². The molecule has 0 aliphatic carbocycles. The lowest BCUT2D eigenvalue weighted by Gasteiger charge is -2.09. The minimum absolute atomic E-state index is 0.0505. The van der Waals surface area contributed by atoms with Crippen LogP contribution in [0.3, 0.4) is 0 Å². The van der Waals surface area contributed by atoms with E-state index in [1.807, 2.05) is 0 Å². The maximum Gasteiger partial charge on any atom is 0.337 e. The minimum atomic E-state index is -0.499. The molecule has 0 aliphatic rings. The van der Waals surface area contributed by atoms with Gasteiger partial charge in [0, 0.05) is 13.0 Å². The largest absolute Gasteiger partial charge is 0.465 e. The first-order chi connectivity index (χ1) is 8.58. The Kier molecular flexibility index (Phi) is 5.13. The van der Waals surface area contributed by atoms with Crippen LogP contribution in [0.25, 0.3) is 0 Å². The molecule has 1 rings (SSSR count). The van der Waals surface area contributed by atoms with Gasteiger partial charge in [-0.25, -0.2) is 4.79 Å². The highest BCUT2D eigenvalue weighted by molar-refractivity contribution is 5.97. The molecular formula is C12H16N2O4. The van der Waals surface area contributed by atoms with Gasteiger partial charge in [0.2, 0.25) is 5.91 Å². The quantitative estimate of drug-likeness (QED) is 0.530. The summed E-state index contributed by atoms with van der Waals surface area (Å²) < 4.78 is 4.58. The van der Waals surface area contributed by atoms with Gasteiger partial charge >= 0.3 is 5.97 Å². The molecule has 98 valence electrons. The summed E-state index contributed by atoms with van der Waals surface area (Å²) in [6, 6.07) is 4.50. The fraction of sp³-hybridized carbons (Fsp3) is 0.333. The molecule has 0 spiro atoms. The molecule has 1 aromatic carbocycles. The van der Waals surface area contributed by atoms with E-state index < -0.39 is 5.97 Å². The zero-order chi connectivity index (χ0) is 13.5. The number of esters is 1. The summed E-state index contributed by atoms with van der Waals surface area (Å²) in [6.07, 6.45) is 0.570. The molecule has 18 heavy (non-hydrogen) atoms. The second kappa shape index (κ2) is 6.61. The summed E-state index contributed by atoms with van der Waals surface area (Å²) >= 11 is 0. The number of ether oxygens (including phenoxy) is 1. The number of nitrogens with one attached hydrogen (secondary N) is 1. The lowest BCUT2D eigenvalue weighted by Crippen LogP contribution is -2.14. The van der Waals surface area contributed by atoms with E-state index in [0.717, 1.165) is 0 Å². The van der Waals surface area contributed by atoms with Crippen LogP contribution < -0.4 is 11.1 Å². The van der Waals surface area contributed by atoms with Crippen molar-refractivity contribution >= 4 is 23.3 Å². The maximum absolute atomic E-state index is 11.5. The minimum Gasteiger partial charge on any atom is -0.465 e. The van der Waals surface area contributed by atoms with Gasteiger partial charge in [0.05, 0.1) is 24.0 Å². The summed E-state index contributed by atoms with van der Waals surface area (Å²) in [4.78, 5) is 22.8. The van der Waals surface area contributed by atoms with Gasteiger partial charge in [0.25, 0.3) is 0 Å². The van der Waals surface area contributed by atoms with Crippen molar-refractivity contribution < 1.29 is 19.4 Å². The van der Waals surface area contributed by atoms with Crippen LogP contribution in [0.2, 0.25) is 0 Å². The van der Waals surface area contributed by atoms with Crippen molar-refractivity contribution in [1.29, 1.82) is 0 Å². The van der Waals surface area contributed by atoms with Crippen molar-refractivity contribution in [3.63, 3.8) is 0 Å². The van der Waals surface area contributed by atoms with Crippen molar-refractivity contribution in [1.82, 2.24) is 0 Å². The third-order valence-electron chi connectivity index (χ3n) is 2.31. The van der Waals surface area contributed by atoms with Crippen LogP contribution in [-0.2, 0) is 9.53 Å². The first-order valence-corrected chi connectivity index (χ1v) is 5.47. The van der Waals surface area contributed by atoms with E-state index in [0.29, 0.717) is 23.4 Å². The average molecular weight is 252 g/mol. The van der Waals surface area contributed by atoms with Crippen LogP contribution in [0, 0.1) is 0 Å². The molecule has 6 heteroatoms. The average Bonchev–Trinajstić information content (AvgIpc) is 2.38. The molecule has 0 radical (unpaired) electrons. The number of nitrogens with two attached hydrogens (primary N) is 1. The third-order valence-corrected chi connectivity index (χ3v) is 2.31. The second-order valence-electron chi connectivity index (χ2n) is 3.67. The van der Waals surface area contributed by atoms with Gasteiger partial charge in [0.1, 0.15) is 0 Å². The molecule has 0 fully saturated rings. The number of rotatable bonds is 5. The van der Waals surface area contributed by atoms with Crippen LogP contribution in [-0.4, -0.2) is 30.7 Å². The number of nitrogen functional groups attached to an aromatic ring is 1. The molecule has 6 nitrogen and oxygen atoms in total. The maximum atomic E-state index is 11.5. The predicted molar refractivity (Wildman–Crippen MR) is 67.1 cm³/mol. The van der Waals surface area contributed by atoms with Crippen molar-refractivity contribution in [2.24, 2.45) is 0 Å². The van der Waals surface area contributed by atoms with Crippen LogP contribution >= 0.6 is 0 Å². The van der Waals surface area contributed by atoms with E-state index in [2.05, 4.69) is 10.1 Å². The number of hydrogen-bond acceptors (Lipinski definition) is 5. The Hall–Kier alpha value is -2.08. The van der Waals surface area contributed by atoms with E-state index in [-0.39, 0.29) is 18.9 Å². The van der Waals surface area contributed by atoms with Crippen LogP contribution in [0.15, 0.2) is 18.2 Å². The number of benzene rings is 1. The fourth-order valence-corrected chi connectivity index (χ4v) is 1.36. The van der Waals surface area contributed by atoms with Crippen molar-refractivity contribution in [2.45, 2.75) is 12.8 Å². The van der Waals surface area contributed by atoms with E-state index in [4.69, 9.17) is 10.8 Å². The number of methoxy groups -OCH3 is 1. The third kappa shape index (κ3) is 3.74. The monoisotopic (exact) mass is 252 g/mol. The standard InChI is InChI=1S/C12H16N2O4/c1-18-12(17)8-4-5-9(13)10(7-8)14-11(16)3-2-6-15/h4-5,7,15H,2-3,6,13H2,1H3,(H,14,16). The molecule has 0 unspecified atom stereocenters. The van der Waals surface area contributed by atoms with E-state index in [9.17, 15) is 9.59 Å². The number of hydrogen-bond donors (Lipinski definition) is 3. The Morgan fingerprint density at radius 1 is 1.44 bits per heavy atom. The number of carbonyl (C=O) groups excluding carboxylic acids is 2. The summed E-state index contributed by atoms with van der Waals surface area (Å²) in [6.45, 7) is -0.0505. The molecule has 1 amide bonds. The van der Waals surface area contributed by atoms with E-state index in [1.54, 1.807) is 0 Å². The van der Waals surface area contributed by atoms with Crippen molar-refractivity contribution in [3.8, 4) is 0 Å². The highest BCUT2D eigenvalue weighted by Crippen LogP contribution is 2.20. The molecular weight excluding hydrogens is 236 g/mol. The van der Waals surface area contributed by atoms with Crippen LogP contribution in [0.5, 0.6) is 0 Å². The highest BCUT2D eigenvalue weighted by atomic mass is 16.5. The number of amides is 1. The number of carbonyl (C=O) groups is 2. The van der Waals surface area contributed by atoms with Gasteiger partial charge in [-0.3, -0.25) is 4.79 Å². The normalized spacial score (nSPS) is 9.89. The first kappa shape index (κ1) is 14.0. The van der Waals surface area contributed by atoms with Crippen molar-refractivity contribution in [2.75, 3.05) is 24.8 Å². The SMILES string of the molecule is COC(=O)c1ccc(N)c(NC(=O)CCCO)c1. The summed E-state index contributed by atoms with van der Waals surface area (Å²) in [5.74, 6) is -0.765. The Labute approximate surface area is 105 Å². The molecule has 0 atom stereocenters. The first-order valence-electron chi connectivity index (χ1n) is 5.47. The molecule has 0 aliphatic heterocycles. The Morgan fingerprint density at radius 2 is 2.17 bits per heavy atom. The van der Waals surface area contributed by atoms with Gasteiger partial charge in [0.15, 0.2) is 0 Å². The molecule has 0 heterocycles. The zero-order valence-corrected chi connectivity index (χ0v) is 10.1. The van der Waals surface area contributed by atoms with Crippen molar-refractivity contribution in [3.05, 3.63) is 23.8 Å². The number of aliphatic hydroxyl groups excluding tert-OH is 1. The summed E-state index contributed by atoms with van der Waals surface area (Å²) in [7, 11) is 1.28. The van der Waals surface area contributed by atoms with Gasteiger partial charge in [-0.15, -0.1) is 0 Å². The lowest BCUT2D eigenvalue weighted by molar-refractivity contribution is -0.116. The zero-order valence-electron chi connectivity index (χ0n) is 10.1. The van der Waals surface area contributed by atoms with Gasteiger partial charge in [-0.1, -0.05) is 0 Å². The smallest absolute Gasteiger partial charge is 0.337 e. The molecule has 0 aromatic heterocycles. The molecule has 0 saturated heterocycles. The van der Waals surface area contributed by atoms with E-state index >= 15 is 0 Å². The second-order valence-corrected chi connectivity index (χ2v) is 3.67. The Morgan fingerprint density at radius 3 is 2.78 bits per heavy atom. The molecule has 0 saturated carbocycles. The molecule has 0 bridgehead atoms. The molecule has 1 aromatic rings. The summed E-state index contributed by atoms with van der Waals surface area (Å²) in [5.41, 5.74) is 6.72. The van der Waals surface area contributed by atoms with Gasteiger partial charge < -0.3 is 20.9 Å². The van der Waals surface area contributed by atoms with Crippen LogP contribution in [0.1, 0.15) is 23.2 Å². The Balaban J connectivity index is 2.81. The fourth-order valence-electron chi connectivity index (χ4n) is 1.36. The van der Waals surface area contributed by atoms with Crippen LogP contribution in [0.4, 0.5) is 11.4 Å². The van der Waals surface area contributed by atoms with Gasteiger partial charge in [-0.05, 0) is 24.6 Å². The summed E-state index contributed by atoms with van der Waals surface area (Å²) in [5, 5.41) is 11.2. The lowest BCUT2D eigenvalue weighted by atomic mass is 10.1. The molecule has 4 N–H and O–H groups in total.